The molecule has 0 radical (unpaired) electrons. The number of aliphatic hydroxyl groups is 1. The van der Waals surface area contributed by atoms with Crippen molar-refractivity contribution in [2.45, 2.75) is 18.6 Å². The zero-order chi connectivity index (χ0) is 15.7. The first-order chi connectivity index (χ1) is 11.1. The molecule has 2 aliphatic heterocycles. The van der Waals surface area contributed by atoms with Gasteiger partial charge in [0.05, 0.1) is 12.1 Å². The van der Waals surface area contributed by atoms with Crippen molar-refractivity contribution >= 4 is 0 Å². The average molecular weight is 311 g/mol. The number of nitrogens with zero attached hydrogens (tertiary/aromatic N) is 1. The van der Waals surface area contributed by atoms with Gasteiger partial charge in [-0.2, -0.15) is 0 Å². The molecule has 2 aromatic carbocycles. The van der Waals surface area contributed by atoms with Crippen LogP contribution in [-0.4, -0.2) is 35.5 Å². The number of phenolic OH excluding ortho intramolecular Hbond substituents is 1. The van der Waals surface area contributed by atoms with Gasteiger partial charge in [0.2, 0.25) is 6.79 Å². The predicted octanol–water partition coefficient (Wildman–Crippen LogP) is 2.36. The molecule has 2 unspecified atom stereocenters. The minimum absolute atomic E-state index is 0.127. The normalized spacial score (nSPS) is 24.3. The molecule has 0 bridgehead atoms. The maximum absolute atomic E-state index is 10.9. The molecule has 5 heteroatoms. The van der Waals surface area contributed by atoms with Crippen LogP contribution in [0.3, 0.4) is 0 Å². The molecule has 23 heavy (non-hydrogen) atoms. The van der Waals surface area contributed by atoms with E-state index in [9.17, 15) is 10.2 Å². The minimum atomic E-state index is -0.672. The highest BCUT2D eigenvalue weighted by Gasteiger charge is 2.42. The van der Waals surface area contributed by atoms with E-state index in [4.69, 9.17) is 9.47 Å². The van der Waals surface area contributed by atoms with Crippen molar-refractivity contribution in [1.29, 1.82) is 0 Å². The Labute approximate surface area is 133 Å². The zero-order valence-corrected chi connectivity index (χ0v) is 12.7. The summed E-state index contributed by atoms with van der Waals surface area (Å²) in [6.07, 6.45) is 0.251. The van der Waals surface area contributed by atoms with Crippen LogP contribution in [0.2, 0.25) is 0 Å². The van der Waals surface area contributed by atoms with Crippen molar-refractivity contribution in [3.8, 4) is 28.4 Å². The van der Waals surface area contributed by atoms with E-state index < -0.39 is 6.10 Å². The highest BCUT2D eigenvalue weighted by atomic mass is 16.7. The standard InChI is InChI=1S/C18H17NO4/c1-19-5-4-9-6-13-18(23-8-22-13)15-11-3-2-10(20)7-12(11)17(21)16(19)14(9)15/h2-3,6-7,16-17,20-21H,4-5,8H2,1H3. The number of fused-ring (bicyclic) bond motifs is 4. The molecule has 2 aromatic rings. The number of hydrogen-bond acceptors (Lipinski definition) is 5. The number of ether oxygens (including phenoxy) is 2. The molecule has 118 valence electrons. The van der Waals surface area contributed by atoms with Crippen LogP contribution >= 0.6 is 0 Å². The summed E-state index contributed by atoms with van der Waals surface area (Å²) in [6, 6.07) is 7.09. The lowest BCUT2D eigenvalue weighted by molar-refractivity contribution is 0.0542. The number of rotatable bonds is 0. The van der Waals surface area contributed by atoms with Crippen molar-refractivity contribution in [2.75, 3.05) is 20.4 Å². The summed E-state index contributed by atoms with van der Waals surface area (Å²) in [5, 5.41) is 20.8. The Hall–Kier alpha value is -2.24. The molecule has 3 aliphatic rings. The van der Waals surface area contributed by atoms with Crippen LogP contribution in [0.5, 0.6) is 17.2 Å². The van der Waals surface area contributed by atoms with Gasteiger partial charge in [0.15, 0.2) is 11.5 Å². The van der Waals surface area contributed by atoms with Gasteiger partial charge in [0.1, 0.15) is 5.75 Å². The van der Waals surface area contributed by atoms with E-state index in [1.807, 2.05) is 13.1 Å². The highest BCUT2D eigenvalue weighted by molar-refractivity contribution is 5.84. The SMILES string of the molecule is CN1CCc2cc3c(c4c2C1C(O)c1cc(O)ccc1-4)OCO3. The Morgan fingerprint density at radius 3 is 2.96 bits per heavy atom. The van der Waals surface area contributed by atoms with Gasteiger partial charge in [-0.1, -0.05) is 6.07 Å². The molecule has 0 spiro atoms. The molecule has 0 fully saturated rings. The van der Waals surface area contributed by atoms with Gasteiger partial charge in [-0.15, -0.1) is 0 Å². The number of likely N-dealkylation sites (N-methyl/N-ethyl adjacent to an activating group) is 1. The van der Waals surface area contributed by atoms with E-state index in [0.29, 0.717) is 0 Å². The van der Waals surface area contributed by atoms with Crippen molar-refractivity contribution in [2.24, 2.45) is 0 Å². The molecule has 2 heterocycles. The van der Waals surface area contributed by atoms with E-state index >= 15 is 0 Å². The van der Waals surface area contributed by atoms with Gasteiger partial charge in [-0.3, -0.25) is 4.90 Å². The van der Waals surface area contributed by atoms with Gasteiger partial charge in [-0.25, -0.2) is 0 Å². The van der Waals surface area contributed by atoms with E-state index in [0.717, 1.165) is 46.7 Å². The van der Waals surface area contributed by atoms with Crippen LogP contribution in [0.25, 0.3) is 11.1 Å². The van der Waals surface area contributed by atoms with Gasteiger partial charge in [-0.05, 0) is 53.9 Å². The first kappa shape index (κ1) is 13.2. The number of aliphatic hydroxyl groups excluding tert-OH is 1. The Balaban J connectivity index is 1.90. The van der Waals surface area contributed by atoms with E-state index in [1.165, 1.54) is 5.56 Å². The summed E-state index contributed by atoms with van der Waals surface area (Å²) in [6.45, 7) is 1.10. The van der Waals surface area contributed by atoms with Gasteiger partial charge in [0.25, 0.3) is 0 Å². The van der Waals surface area contributed by atoms with Crippen LogP contribution in [-0.2, 0) is 6.42 Å². The van der Waals surface area contributed by atoms with Crippen molar-refractivity contribution in [3.63, 3.8) is 0 Å². The molecule has 5 nitrogen and oxygen atoms in total. The molecule has 5 rings (SSSR count). The molecule has 2 atom stereocenters. The van der Waals surface area contributed by atoms with E-state index in [-0.39, 0.29) is 18.6 Å². The smallest absolute Gasteiger partial charge is 0.231 e. The monoisotopic (exact) mass is 311 g/mol. The second kappa shape index (κ2) is 4.40. The molecule has 0 amide bonds. The quantitative estimate of drug-likeness (QED) is 0.782. The topological polar surface area (TPSA) is 62.2 Å². The molecule has 2 N–H and O–H groups in total. The molecule has 0 aromatic heterocycles. The van der Waals surface area contributed by atoms with Gasteiger partial charge < -0.3 is 19.7 Å². The largest absolute Gasteiger partial charge is 0.508 e. The molecule has 1 aliphatic carbocycles. The summed E-state index contributed by atoms with van der Waals surface area (Å²) >= 11 is 0. The fraction of sp³-hybridized carbons (Fsp3) is 0.333. The van der Waals surface area contributed by atoms with Crippen LogP contribution in [0, 0.1) is 0 Å². The van der Waals surface area contributed by atoms with Gasteiger partial charge >= 0.3 is 0 Å². The fourth-order valence-electron chi connectivity index (χ4n) is 4.17. The summed E-state index contributed by atoms with van der Waals surface area (Å²) in [4.78, 5) is 2.17. The molecular formula is C18H17NO4. The number of aromatic hydroxyl groups is 1. The van der Waals surface area contributed by atoms with E-state index in [2.05, 4.69) is 11.0 Å². The third-order valence-corrected chi connectivity index (χ3v) is 5.22. The first-order valence-corrected chi connectivity index (χ1v) is 7.82. The summed E-state index contributed by atoms with van der Waals surface area (Å²) in [5.74, 6) is 1.69. The van der Waals surface area contributed by atoms with Crippen molar-refractivity contribution in [3.05, 3.63) is 41.0 Å². The third kappa shape index (κ3) is 1.63. The Morgan fingerprint density at radius 2 is 2.09 bits per heavy atom. The molecule has 0 saturated carbocycles. The second-order valence-electron chi connectivity index (χ2n) is 6.45. The van der Waals surface area contributed by atoms with Crippen molar-refractivity contribution in [1.82, 2.24) is 4.90 Å². The van der Waals surface area contributed by atoms with Crippen molar-refractivity contribution < 1.29 is 19.7 Å². The lowest BCUT2D eigenvalue weighted by Gasteiger charge is -2.42. The van der Waals surface area contributed by atoms with Gasteiger partial charge in [0, 0.05) is 12.1 Å². The first-order valence-electron chi connectivity index (χ1n) is 7.82. The lowest BCUT2D eigenvalue weighted by atomic mass is 9.75. The van der Waals surface area contributed by atoms with Crippen LogP contribution in [0.15, 0.2) is 24.3 Å². The van der Waals surface area contributed by atoms with E-state index in [1.54, 1.807) is 12.1 Å². The zero-order valence-electron chi connectivity index (χ0n) is 12.7. The fourth-order valence-corrected chi connectivity index (χ4v) is 4.17. The number of benzene rings is 2. The second-order valence-corrected chi connectivity index (χ2v) is 6.45. The van der Waals surface area contributed by atoms with Crippen LogP contribution < -0.4 is 9.47 Å². The van der Waals surface area contributed by atoms with Crippen LogP contribution in [0.1, 0.15) is 28.8 Å². The Morgan fingerprint density at radius 1 is 1.22 bits per heavy atom. The minimum Gasteiger partial charge on any atom is -0.508 e. The predicted molar refractivity (Wildman–Crippen MR) is 83.7 cm³/mol. The van der Waals surface area contributed by atoms with Crippen LogP contribution in [0.4, 0.5) is 0 Å². The molecule has 0 saturated heterocycles. The summed E-state index contributed by atoms with van der Waals surface area (Å²) < 4.78 is 11.4. The average Bonchev–Trinajstić information content (AvgIpc) is 3.00. The highest BCUT2D eigenvalue weighted by Crippen LogP contribution is 2.56. The number of hydrogen-bond donors (Lipinski definition) is 2. The lowest BCUT2D eigenvalue weighted by Crippen LogP contribution is -2.38. The molecular weight excluding hydrogens is 294 g/mol. The maximum Gasteiger partial charge on any atom is 0.231 e. The third-order valence-electron chi connectivity index (χ3n) is 5.22. The summed E-state index contributed by atoms with van der Waals surface area (Å²) in [7, 11) is 2.03. The Kier molecular flexibility index (Phi) is 2.53. The summed E-state index contributed by atoms with van der Waals surface area (Å²) in [5.41, 5.74) is 5.01. The Bertz CT molecular complexity index is 832. The maximum atomic E-state index is 10.9. The number of phenols is 1.